The summed E-state index contributed by atoms with van der Waals surface area (Å²) in [5.41, 5.74) is 1.31. The van der Waals surface area contributed by atoms with Crippen LogP contribution < -0.4 is 5.32 Å². The third-order valence-electron chi connectivity index (χ3n) is 2.66. The average molecular weight is 241 g/mol. The van der Waals surface area contributed by atoms with E-state index in [1.165, 1.54) is 6.07 Å². The Balaban J connectivity index is 2.65. The maximum absolute atomic E-state index is 12.0. The highest BCUT2D eigenvalue weighted by molar-refractivity contribution is 7.93. The van der Waals surface area contributed by atoms with Crippen LogP contribution in [0, 0.1) is 6.92 Å². The number of aryl methyl sites for hydroxylation is 1. The van der Waals surface area contributed by atoms with Gasteiger partial charge in [-0.15, -0.1) is 0 Å². The van der Waals surface area contributed by atoms with Crippen molar-refractivity contribution in [1.82, 2.24) is 0 Å². The predicted molar refractivity (Wildman–Crippen MR) is 58.3 cm³/mol. The Hall–Kier alpha value is -1.56. The zero-order chi connectivity index (χ0) is 11.9. The van der Waals surface area contributed by atoms with E-state index in [0.29, 0.717) is 5.69 Å². The molecule has 5 nitrogen and oxygen atoms in total. The van der Waals surface area contributed by atoms with Gasteiger partial charge in [-0.2, -0.15) is 0 Å². The molecule has 0 aliphatic carbocycles. The molecule has 0 aromatic heterocycles. The number of fused-ring (bicyclic) bond motifs is 1. The number of anilines is 1. The van der Waals surface area contributed by atoms with Gasteiger partial charge in [0.1, 0.15) is 0 Å². The second kappa shape index (κ2) is 3.48. The second-order valence-corrected chi connectivity index (χ2v) is 5.80. The van der Waals surface area contributed by atoms with Gasteiger partial charge in [-0.25, -0.2) is 8.42 Å². The molecule has 86 valence electrons. The number of para-hydroxylation sites is 1. The number of carbonyl (C=O) groups is 1. The lowest BCUT2D eigenvalue weighted by molar-refractivity contribution is -0.136. The van der Waals surface area contributed by atoms with E-state index in [1.54, 1.807) is 19.1 Å². The van der Waals surface area contributed by atoms with Crippen LogP contribution in [0.15, 0.2) is 23.1 Å². The fourth-order valence-corrected chi connectivity index (χ4v) is 3.44. The molecule has 1 aromatic carbocycles. The Morgan fingerprint density at radius 3 is 2.81 bits per heavy atom. The first-order valence-electron chi connectivity index (χ1n) is 4.75. The van der Waals surface area contributed by atoms with E-state index in [-0.39, 0.29) is 11.4 Å². The zero-order valence-electron chi connectivity index (χ0n) is 8.60. The first-order valence-corrected chi connectivity index (χ1v) is 6.29. The molecule has 1 unspecified atom stereocenters. The molecule has 1 aliphatic rings. The summed E-state index contributed by atoms with van der Waals surface area (Å²) in [6.45, 7) is 1.69. The summed E-state index contributed by atoms with van der Waals surface area (Å²) >= 11 is 0. The minimum absolute atomic E-state index is 0.0751. The van der Waals surface area contributed by atoms with Gasteiger partial charge >= 0.3 is 5.97 Å². The molecule has 1 atom stereocenters. The summed E-state index contributed by atoms with van der Waals surface area (Å²) in [5, 5.41) is 10.3. The number of sulfone groups is 1. The van der Waals surface area contributed by atoms with Crippen molar-refractivity contribution < 1.29 is 18.3 Å². The van der Waals surface area contributed by atoms with Gasteiger partial charge in [-0.05, 0) is 18.6 Å². The monoisotopic (exact) mass is 241 g/mol. The standard InChI is InChI=1S/C10H11NO4S/c1-6-3-2-4-7-9(6)11-5-8(10(12)13)16(7,14)15/h2-4,8,11H,5H2,1H3,(H,12,13). The highest BCUT2D eigenvalue weighted by atomic mass is 32.2. The maximum Gasteiger partial charge on any atom is 0.324 e. The number of aliphatic carboxylic acids is 1. The van der Waals surface area contributed by atoms with Gasteiger partial charge in [0.2, 0.25) is 0 Å². The molecule has 0 bridgehead atoms. The van der Waals surface area contributed by atoms with Crippen molar-refractivity contribution in [3.05, 3.63) is 23.8 Å². The quantitative estimate of drug-likeness (QED) is 0.754. The summed E-state index contributed by atoms with van der Waals surface area (Å²) in [4.78, 5) is 10.9. The Bertz CT molecular complexity index is 550. The summed E-state index contributed by atoms with van der Waals surface area (Å²) in [6.07, 6.45) is 0. The molecule has 1 aliphatic heterocycles. The number of benzene rings is 1. The van der Waals surface area contributed by atoms with Crippen LogP contribution in [0.3, 0.4) is 0 Å². The normalized spacial score (nSPS) is 21.9. The first-order chi connectivity index (χ1) is 7.44. The molecule has 1 heterocycles. The lowest BCUT2D eigenvalue weighted by Crippen LogP contribution is -2.40. The van der Waals surface area contributed by atoms with Crippen LogP contribution in [0.5, 0.6) is 0 Å². The van der Waals surface area contributed by atoms with Gasteiger partial charge < -0.3 is 10.4 Å². The van der Waals surface area contributed by atoms with E-state index in [2.05, 4.69) is 5.32 Å². The van der Waals surface area contributed by atoms with E-state index in [1.807, 2.05) is 0 Å². The maximum atomic E-state index is 12.0. The van der Waals surface area contributed by atoms with Crippen LogP contribution >= 0.6 is 0 Å². The molecule has 2 N–H and O–H groups in total. The molecule has 16 heavy (non-hydrogen) atoms. The number of carboxylic acids is 1. The molecule has 0 spiro atoms. The Kier molecular flexibility index (Phi) is 2.38. The van der Waals surface area contributed by atoms with Crippen LogP contribution in [0.1, 0.15) is 5.56 Å². The van der Waals surface area contributed by atoms with E-state index < -0.39 is 21.1 Å². The van der Waals surface area contributed by atoms with Crippen molar-refractivity contribution in [3.8, 4) is 0 Å². The van der Waals surface area contributed by atoms with Crippen molar-refractivity contribution in [2.24, 2.45) is 0 Å². The summed E-state index contributed by atoms with van der Waals surface area (Å²) in [7, 11) is -3.77. The van der Waals surface area contributed by atoms with Gasteiger partial charge in [0.05, 0.1) is 10.6 Å². The van der Waals surface area contributed by atoms with Crippen LogP contribution in [-0.4, -0.2) is 31.3 Å². The molecular weight excluding hydrogens is 230 g/mol. The topological polar surface area (TPSA) is 83.5 Å². The molecule has 0 radical (unpaired) electrons. The van der Waals surface area contributed by atoms with Gasteiger partial charge in [0, 0.05) is 6.54 Å². The van der Waals surface area contributed by atoms with E-state index >= 15 is 0 Å². The van der Waals surface area contributed by atoms with Gasteiger partial charge in [-0.3, -0.25) is 4.79 Å². The lowest BCUT2D eigenvalue weighted by atomic mass is 10.2. The Labute approximate surface area is 93.0 Å². The average Bonchev–Trinajstić information content (AvgIpc) is 2.18. The van der Waals surface area contributed by atoms with E-state index in [9.17, 15) is 13.2 Å². The van der Waals surface area contributed by atoms with E-state index in [4.69, 9.17) is 5.11 Å². The molecule has 0 saturated heterocycles. The van der Waals surface area contributed by atoms with Crippen molar-refractivity contribution in [3.63, 3.8) is 0 Å². The van der Waals surface area contributed by atoms with Crippen LogP contribution in [-0.2, 0) is 14.6 Å². The molecule has 1 aromatic rings. The SMILES string of the molecule is Cc1cccc2c1NCC(C(=O)O)S2(=O)=O. The van der Waals surface area contributed by atoms with Crippen LogP contribution in [0.2, 0.25) is 0 Å². The fraction of sp³-hybridized carbons (Fsp3) is 0.300. The summed E-state index contributed by atoms with van der Waals surface area (Å²) in [5.74, 6) is -1.32. The number of carboxylic acid groups (broad SMARTS) is 1. The molecule has 0 fully saturated rings. The minimum atomic E-state index is -3.77. The van der Waals surface area contributed by atoms with E-state index in [0.717, 1.165) is 5.56 Å². The smallest absolute Gasteiger partial charge is 0.324 e. The predicted octanol–water partition coefficient (Wildman–Crippen LogP) is 0.647. The summed E-state index contributed by atoms with van der Waals surface area (Å²) in [6, 6.07) is 4.82. The minimum Gasteiger partial charge on any atom is -0.480 e. The van der Waals surface area contributed by atoms with Crippen molar-refractivity contribution >= 4 is 21.5 Å². The molecule has 0 amide bonds. The fourth-order valence-electron chi connectivity index (χ4n) is 1.78. The van der Waals surface area contributed by atoms with Gasteiger partial charge in [-0.1, -0.05) is 12.1 Å². The number of nitrogens with one attached hydrogen (secondary N) is 1. The zero-order valence-corrected chi connectivity index (χ0v) is 9.41. The number of rotatable bonds is 1. The third kappa shape index (κ3) is 1.46. The van der Waals surface area contributed by atoms with Gasteiger partial charge in [0.15, 0.2) is 15.1 Å². The Morgan fingerprint density at radius 1 is 1.50 bits per heavy atom. The first kappa shape index (κ1) is 10.9. The second-order valence-electron chi connectivity index (χ2n) is 3.70. The third-order valence-corrected chi connectivity index (χ3v) is 4.73. The molecule has 6 heteroatoms. The van der Waals surface area contributed by atoms with Crippen LogP contribution in [0.4, 0.5) is 5.69 Å². The van der Waals surface area contributed by atoms with Crippen LogP contribution in [0.25, 0.3) is 0 Å². The largest absolute Gasteiger partial charge is 0.480 e. The molecule has 2 rings (SSSR count). The number of hydrogen-bond donors (Lipinski definition) is 2. The molecule has 0 saturated carbocycles. The molecular formula is C10H11NO4S. The number of hydrogen-bond acceptors (Lipinski definition) is 4. The lowest BCUT2D eigenvalue weighted by Gasteiger charge is -2.24. The van der Waals surface area contributed by atoms with Gasteiger partial charge in [0.25, 0.3) is 0 Å². The highest BCUT2D eigenvalue weighted by Gasteiger charge is 2.39. The van der Waals surface area contributed by atoms with Crippen molar-refractivity contribution in [2.45, 2.75) is 17.1 Å². The van der Waals surface area contributed by atoms with Crippen molar-refractivity contribution in [1.29, 1.82) is 0 Å². The van der Waals surface area contributed by atoms with Crippen molar-refractivity contribution in [2.75, 3.05) is 11.9 Å². The Morgan fingerprint density at radius 2 is 2.19 bits per heavy atom. The summed E-state index contributed by atoms with van der Waals surface area (Å²) < 4.78 is 24.0. The highest BCUT2D eigenvalue weighted by Crippen LogP contribution is 2.32.